The monoisotopic (exact) mass is 468 g/mol. The summed E-state index contributed by atoms with van der Waals surface area (Å²) in [5.74, 6) is 1.36. The maximum atomic E-state index is 11.5. The largest absolute Gasteiger partial charge is 0.469 e. The number of hydrogen-bond acceptors (Lipinski definition) is 4. The van der Waals surface area contributed by atoms with Crippen LogP contribution >= 0.6 is 24.0 Å². The number of nitrogens with zero attached hydrogens (tertiary/aromatic N) is 2. The fraction of sp³-hybridized carbons (Fsp3) is 0.824. The first kappa shape index (κ1) is 23.9. The Kier molecular flexibility index (Phi) is 13.5. The zero-order chi connectivity index (χ0) is 17.8. The molecular formula is C17H33IN4O3. The second kappa shape index (κ2) is 14.1. The Balaban J connectivity index is 0.00000576. The Labute approximate surface area is 168 Å². The molecule has 146 valence electrons. The number of esters is 1. The molecule has 0 atom stereocenters. The number of guanidine groups is 1. The molecule has 7 nitrogen and oxygen atoms in total. The molecule has 8 heteroatoms. The van der Waals surface area contributed by atoms with E-state index in [-0.39, 0.29) is 35.9 Å². The van der Waals surface area contributed by atoms with Crippen LogP contribution in [0.5, 0.6) is 0 Å². The van der Waals surface area contributed by atoms with Gasteiger partial charge in [-0.25, -0.2) is 0 Å². The summed E-state index contributed by atoms with van der Waals surface area (Å²) in [6.45, 7) is 5.45. The summed E-state index contributed by atoms with van der Waals surface area (Å²) in [4.78, 5) is 29.5. The second-order valence-corrected chi connectivity index (χ2v) is 6.08. The lowest BCUT2D eigenvalue weighted by molar-refractivity contribution is -0.140. The van der Waals surface area contributed by atoms with E-state index < -0.39 is 0 Å². The van der Waals surface area contributed by atoms with Crippen molar-refractivity contribution in [1.29, 1.82) is 0 Å². The van der Waals surface area contributed by atoms with Gasteiger partial charge in [-0.1, -0.05) is 0 Å². The third kappa shape index (κ3) is 9.86. The van der Waals surface area contributed by atoms with Crippen LogP contribution in [0.2, 0.25) is 0 Å². The van der Waals surface area contributed by atoms with Crippen molar-refractivity contribution in [2.75, 3.05) is 40.3 Å². The van der Waals surface area contributed by atoms with Gasteiger partial charge in [0.15, 0.2) is 5.96 Å². The van der Waals surface area contributed by atoms with E-state index in [0.29, 0.717) is 25.3 Å². The number of halogens is 1. The van der Waals surface area contributed by atoms with Gasteiger partial charge < -0.3 is 20.3 Å². The number of carbonyl (C=O) groups excluding carboxylic acids is 2. The summed E-state index contributed by atoms with van der Waals surface area (Å²) in [5, 5.41) is 6.03. The quantitative estimate of drug-likeness (QED) is 0.187. The van der Waals surface area contributed by atoms with Crippen LogP contribution in [-0.4, -0.2) is 63.1 Å². The van der Waals surface area contributed by atoms with Crippen LogP contribution in [0.4, 0.5) is 0 Å². The van der Waals surface area contributed by atoms with Gasteiger partial charge in [-0.3, -0.25) is 14.6 Å². The minimum atomic E-state index is -0.163. The lowest BCUT2D eigenvalue weighted by Crippen LogP contribution is -2.46. The normalized spacial score (nSPS) is 15.3. The van der Waals surface area contributed by atoms with Gasteiger partial charge in [0.05, 0.1) is 7.11 Å². The molecular weight excluding hydrogens is 435 g/mol. The average molecular weight is 468 g/mol. The van der Waals surface area contributed by atoms with E-state index in [2.05, 4.69) is 32.2 Å². The Morgan fingerprint density at radius 2 is 1.92 bits per heavy atom. The lowest BCUT2D eigenvalue weighted by atomic mass is 9.93. The fourth-order valence-electron chi connectivity index (χ4n) is 2.81. The van der Waals surface area contributed by atoms with E-state index in [1.807, 2.05) is 0 Å². The summed E-state index contributed by atoms with van der Waals surface area (Å²) in [7, 11) is 3.10. The molecule has 1 aliphatic heterocycles. The second-order valence-electron chi connectivity index (χ2n) is 6.08. The first-order chi connectivity index (χ1) is 11.6. The van der Waals surface area contributed by atoms with Crippen LogP contribution in [0.25, 0.3) is 0 Å². The number of rotatable bonds is 8. The van der Waals surface area contributed by atoms with Gasteiger partial charge in [-0.15, -0.1) is 24.0 Å². The number of hydrogen-bond donors (Lipinski definition) is 2. The molecule has 2 N–H and O–H groups in total. The van der Waals surface area contributed by atoms with E-state index in [1.54, 1.807) is 7.05 Å². The summed E-state index contributed by atoms with van der Waals surface area (Å²) in [5.41, 5.74) is 0. The lowest BCUT2D eigenvalue weighted by Gasteiger charge is -2.34. The van der Waals surface area contributed by atoms with Crippen molar-refractivity contribution in [3.05, 3.63) is 0 Å². The van der Waals surface area contributed by atoms with E-state index in [1.165, 1.54) is 7.11 Å². The van der Waals surface area contributed by atoms with Gasteiger partial charge in [-0.2, -0.15) is 0 Å². The van der Waals surface area contributed by atoms with Gasteiger partial charge in [0.2, 0.25) is 5.91 Å². The van der Waals surface area contributed by atoms with Crippen molar-refractivity contribution in [2.45, 2.75) is 45.4 Å². The Morgan fingerprint density at radius 1 is 1.24 bits per heavy atom. The fourth-order valence-corrected chi connectivity index (χ4v) is 2.81. The highest BCUT2D eigenvalue weighted by atomic mass is 127. The molecule has 0 aromatic carbocycles. The van der Waals surface area contributed by atoms with Crippen LogP contribution in [0, 0.1) is 5.92 Å². The number of piperidine rings is 1. The maximum Gasteiger partial charge on any atom is 0.305 e. The standard InChI is InChI=1S/C17H32N4O3.HI/c1-4-19-17(20-10-6-5-7-16(23)24-3)21-11-8-14(9-12-21)13-15(22)18-2;/h14H,4-13H2,1-3H3,(H,18,22)(H,19,20);1H. The third-order valence-corrected chi connectivity index (χ3v) is 4.28. The van der Waals surface area contributed by atoms with Crippen molar-refractivity contribution in [3.8, 4) is 0 Å². The number of amides is 1. The van der Waals surface area contributed by atoms with Crippen LogP contribution in [0.3, 0.4) is 0 Å². The Bertz CT molecular complexity index is 424. The predicted molar refractivity (Wildman–Crippen MR) is 110 cm³/mol. The van der Waals surface area contributed by atoms with Gasteiger partial charge in [0.25, 0.3) is 0 Å². The molecule has 1 rings (SSSR count). The zero-order valence-electron chi connectivity index (χ0n) is 15.7. The average Bonchev–Trinajstić information content (AvgIpc) is 2.60. The molecule has 1 fully saturated rings. The number of aliphatic imine (C=N–C) groups is 1. The van der Waals surface area contributed by atoms with E-state index in [0.717, 1.165) is 51.3 Å². The van der Waals surface area contributed by atoms with E-state index >= 15 is 0 Å². The van der Waals surface area contributed by atoms with Crippen molar-refractivity contribution in [2.24, 2.45) is 10.9 Å². The van der Waals surface area contributed by atoms with Crippen LogP contribution in [-0.2, 0) is 14.3 Å². The maximum absolute atomic E-state index is 11.5. The van der Waals surface area contributed by atoms with Crippen LogP contribution in [0.1, 0.15) is 45.4 Å². The molecule has 0 radical (unpaired) electrons. The van der Waals surface area contributed by atoms with Crippen molar-refractivity contribution in [3.63, 3.8) is 0 Å². The third-order valence-electron chi connectivity index (χ3n) is 4.28. The zero-order valence-corrected chi connectivity index (χ0v) is 18.0. The molecule has 0 aromatic rings. The Hall–Kier alpha value is -1.06. The van der Waals surface area contributed by atoms with Crippen molar-refractivity contribution < 1.29 is 14.3 Å². The molecule has 0 unspecified atom stereocenters. The van der Waals surface area contributed by atoms with Crippen LogP contribution < -0.4 is 10.6 Å². The highest BCUT2D eigenvalue weighted by molar-refractivity contribution is 14.0. The predicted octanol–water partition coefficient (Wildman–Crippen LogP) is 1.76. The Morgan fingerprint density at radius 3 is 2.48 bits per heavy atom. The first-order valence-corrected chi connectivity index (χ1v) is 8.91. The minimum Gasteiger partial charge on any atom is -0.469 e. The molecule has 0 spiro atoms. The summed E-state index contributed by atoms with van der Waals surface area (Å²) >= 11 is 0. The van der Waals surface area contributed by atoms with E-state index in [4.69, 9.17) is 0 Å². The number of nitrogens with one attached hydrogen (secondary N) is 2. The molecule has 0 aromatic heterocycles. The number of unbranched alkanes of at least 4 members (excludes halogenated alkanes) is 1. The molecule has 0 saturated carbocycles. The van der Waals surface area contributed by atoms with E-state index in [9.17, 15) is 9.59 Å². The van der Waals surface area contributed by atoms with Gasteiger partial charge >= 0.3 is 5.97 Å². The molecule has 1 amide bonds. The number of ether oxygens (including phenoxy) is 1. The number of methoxy groups -OCH3 is 1. The highest BCUT2D eigenvalue weighted by Gasteiger charge is 2.22. The smallest absolute Gasteiger partial charge is 0.305 e. The molecule has 1 aliphatic rings. The molecule has 25 heavy (non-hydrogen) atoms. The van der Waals surface area contributed by atoms with Gasteiger partial charge in [0.1, 0.15) is 0 Å². The van der Waals surface area contributed by atoms with Gasteiger partial charge in [0, 0.05) is 46.1 Å². The summed E-state index contributed by atoms with van der Waals surface area (Å²) in [6.07, 6.45) is 4.76. The SMILES string of the molecule is CCNC(=NCCCCC(=O)OC)N1CCC(CC(=O)NC)CC1.I. The first-order valence-electron chi connectivity index (χ1n) is 8.91. The van der Waals surface area contributed by atoms with Crippen molar-refractivity contribution >= 4 is 41.8 Å². The van der Waals surface area contributed by atoms with Crippen LogP contribution in [0.15, 0.2) is 4.99 Å². The molecule has 1 saturated heterocycles. The topological polar surface area (TPSA) is 83.0 Å². The highest BCUT2D eigenvalue weighted by Crippen LogP contribution is 2.20. The van der Waals surface area contributed by atoms with Gasteiger partial charge in [-0.05, 0) is 38.5 Å². The minimum absolute atomic E-state index is 0. The summed E-state index contributed by atoms with van der Waals surface area (Å²) in [6, 6.07) is 0. The molecule has 0 aliphatic carbocycles. The number of likely N-dealkylation sites (tertiary alicyclic amines) is 1. The van der Waals surface area contributed by atoms with Crippen molar-refractivity contribution in [1.82, 2.24) is 15.5 Å². The summed E-state index contributed by atoms with van der Waals surface area (Å²) < 4.78 is 4.63. The number of carbonyl (C=O) groups is 2. The molecule has 0 bridgehead atoms. The molecule has 1 heterocycles.